The van der Waals surface area contributed by atoms with Gasteiger partial charge in [0.25, 0.3) is 0 Å². The van der Waals surface area contributed by atoms with Gasteiger partial charge in [-0.2, -0.15) is 0 Å². The highest BCUT2D eigenvalue weighted by Crippen LogP contribution is 2.35. The number of aliphatic hydroxyl groups is 1. The van der Waals surface area contributed by atoms with Crippen LogP contribution in [0.3, 0.4) is 0 Å². The lowest BCUT2D eigenvalue weighted by Gasteiger charge is -2.39. The molecule has 0 aliphatic carbocycles. The molecule has 0 radical (unpaired) electrons. The molecule has 1 fully saturated rings. The third-order valence-electron chi connectivity index (χ3n) is 8.05. The first-order valence-corrected chi connectivity index (χ1v) is 14.0. The zero-order valence-corrected chi connectivity index (χ0v) is 22.5. The molecule has 0 saturated carbocycles. The standard InChI is InChI=1S/C31H41N3O4/c1-38-26-8-9-29-28(21-26)27(14-18-33-29)30(35)10-6-24-15-20-34(22-25(24)7-11-31(36)37)19-4-2-3-5-23-12-16-32-17-13-23/h8-9,12-14,16-18,21,24-25,30,35H,2-7,10-11,15,19-20,22H2,1H3,(H,36,37)/t24?,25?,30-/m0/s1. The Morgan fingerprint density at radius 2 is 1.92 bits per heavy atom. The van der Waals surface area contributed by atoms with Gasteiger partial charge in [0.1, 0.15) is 5.75 Å². The Balaban J connectivity index is 1.29. The number of fused-ring (bicyclic) bond motifs is 1. The average Bonchev–Trinajstić information content (AvgIpc) is 2.95. The van der Waals surface area contributed by atoms with E-state index in [4.69, 9.17) is 4.74 Å². The van der Waals surface area contributed by atoms with E-state index in [-0.39, 0.29) is 6.42 Å². The number of methoxy groups -OCH3 is 1. The summed E-state index contributed by atoms with van der Waals surface area (Å²) in [7, 11) is 1.64. The topological polar surface area (TPSA) is 95.8 Å². The van der Waals surface area contributed by atoms with Crippen molar-refractivity contribution in [1.82, 2.24) is 14.9 Å². The van der Waals surface area contributed by atoms with Crippen molar-refractivity contribution in [1.29, 1.82) is 0 Å². The zero-order chi connectivity index (χ0) is 26.7. The molecule has 4 rings (SSSR count). The summed E-state index contributed by atoms with van der Waals surface area (Å²) in [6.45, 7) is 3.07. The number of carboxylic acids is 1. The van der Waals surface area contributed by atoms with Crippen molar-refractivity contribution in [3.8, 4) is 5.75 Å². The Bertz CT molecular complexity index is 1160. The van der Waals surface area contributed by atoms with Crippen LogP contribution in [-0.2, 0) is 11.2 Å². The first-order valence-electron chi connectivity index (χ1n) is 14.0. The van der Waals surface area contributed by atoms with Crippen LogP contribution in [0.1, 0.15) is 68.6 Å². The number of unbranched alkanes of at least 4 members (excludes halogenated alkanes) is 2. The number of aryl methyl sites for hydroxylation is 1. The largest absolute Gasteiger partial charge is 0.497 e. The number of carbonyl (C=O) groups is 1. The van der Waals surface area contributed by atoms with Gasteiger partial charge in [-0.3, -0.25) is 14.8 Å². The molecule has 7 heteroatoms. The van der Waals surface area contributed by atoms with Crippen LogP contribution in [0.2, 0.25) is 0 Å². The molecule has 38 heavy (non-hydrogen) atoms. The molecule has 1 aliphatic heterocycles. The summed E-state index contributed by atoms with van der Waals surface area (Å²) in [5.41, 5.74) is 3.06. The summed E-state index contributed by atoms with van der Waals surface area (Å²) in [5.74, 6) is 0.791. The highest BCUT2D eigenvalue weighted by molar-refractivity contribution is 5.83. The molecule has 0 spiro atoms. The lowest BCUT2D eigenvalue weighted by Crippen LogP contribution is -2.41. The number of aliphatic carboxylic acids is 1. The number of nitrogens with zero attached hydrogens (tertiary/aromatic N) is 3. The van der Waals surface area contributed by atoms with Crippen LogP contribution in [0, 0.1) is 11.8 Å². The van der Waals surface area contributed by atoms with Crippen LogP contribution in [0.15, 0.2) is 55.0 Å². The molecule has 2 unspecified atom stereocenters. The predicted octanol–water partition coefficient (Wildman–Crippen LogP) is 5.67. The number of hydrogen-bond acceptors (Lipinski definition) is 6. The van der Waals surface area contributed by atoms with Gasteiger partial charge >= 0.3 is 5.97 Å². The summed E-state index contributed by atoms with van der Waals surface area (Å²) < 4.78 is 5.38. The summed E-state index contributed by atoms with van der Waals surface area (Å²) in [4.78, 5) is 22.4. The summed E-state index contributed by atoms with van der Waals surface area (Å²) in [6.07, 6.45) is 13.0. The number of pyridine rings is 2. The minimum absolute atomic E-state index is 0.207. The van der Waals surface area contributed by atoms with E-state index in [1.54, 1.807) is 13.3 Å². The van der Waals surface area contributed by atoms with Crippen molar-refractivity contribution in [2.45, 2.75) is 63.9 Å². The van der Waals surface area contributed by atoms with E-state index in [2.05, 4.69) is 27.0 Å². The predicted molar refractivity (Wildman–Crippen MR) is 149 cm³/mol. The van der Waals surface area contributed by atoms with E-state index in [9.17, 15) is 15.0 Å². The van der Waals surface area contributed by atoms with E-state index in [0.29, 0.717) is 24.7 Å². The van der Waals surface area contributed by atoms with Gasteiger partial charge in [-0.15, -0.1) is 0 Å². The Morgan fingerprint density at radius 1 is 1.08 bits per heavy atom. The SMILES string of the molecule is COc1ccc2nccc([C@@H](O)CCC3CCN(CCCCCc4ccncc4)CC3CCC(=O)O)c2c1. The van der Waals surface area contributed by atoms with Crippen LogP contribution in [0.4, 0.5) is 0 Å². The van der Waals surface area contributed by atoms with Gasteiger partial charge in [-0.05, 0) is 117 Å². The fraction of sp³-hybridized carbons (Fsp3) is 0.516. The highest BCUT2D eigenvalue weighted by Gasteiger charge is 2.30. The molecular weight excluding hydrogens is 478 g/mol. The fourth-order valence-corrected chi connectivity index (χ4v) is 5.86. The lowest BCUT2D eigenvalue weighted by molar-refractivity contribution is -0.137. The van der Waals surface area contributed by atoms with Crippen molar-refractivity contribution in [2.24, 2.45) is 11.8 Å². The molecule has 0 amide bonds. The monoisotopic (exact) mass is 519 g/mol. The van der Waals surface area contributed by atoms with Gasteiger partial charge in [0.05, 0.1) is 18.7 Å². The van der Waals surface area contributed by atoms with Crippen LogP contribution in [-0.4, -0.2) is 57.8 Å². The van der Waals surface area contributed by atoms with Gasteiger partial charge in [0.15, 0.2) is 0 Å². The fourth-order valence-electron chi connectivity index (χ4n) is 5.86. The van der Waals surface area contributed by atoms with Crippen molar-refractivity contribution in [3.63, 3.8) is 0 Å². The van der Waals surface area contributed by atoms with E-state index >= 15 is 0 Å². The molecular formula is C31H41N3O4. The number of aromatic nitrogens is 2. The smallest absolute Gasteiger partial charge is 0.303 e. The van der Waals surface area contributed by atoms with Gasteiger partial charge in [-0.25, -0.2) is 0 Å². The molecule has 0 bridgehead atoms. The third-order valence-corrected chi connectivity index (χ3v) is 8.05. The van der Waals surface area contributed by atoms with Crippen LogP contribution in [0.25, 0.3) is 10.9 Å². The normalized spacial score (nSPS) is 18.9. The second-order valence-electron chi connectivity index (χ2n) is 10.6. The molecule has 3 heterocycles. The number of ether oxygens (including phenoxy) is 1. The molecule has 1 aromatic carbocycles. The van der Waals surface area contributed by atoms with Gasteiger partial charge < -0.3 is 19.8 Å². The molecule has 7 nitrogen and oxygen atoms in total. The summed E-state index contributed by atoms with van der Waals surface area (Å²) >= 11 is 0. The second-order valence-corrected chi connectivity index (χ2v) is 10.6. The minimum Gasteiger partial charge on any atom is -0.497 e. The van der Waals surface area contributed by atoms with E-state index in [1.807, 2.05) is 36.7 Å². The minimum atomic E-state index is -0.728. The number of likely N-dealkylation sites (tertiary alicyclic amines) is 1. The summed E-state index contributed by atoms with van der Waals surface area (Å²) in [6, 6.07) is 11.8. The van der Waals surface area contributed by atoms with Gasteiger partial charge in [-0.1, -0.05) is 6.42 Å². The maximum absolute atomic E-state index is 11.3. The van der Waals surface area contributed by atoms with Crippen LogP contribution >= 0.6 is 0 Å². The number of hydrogen-bond donors (Lipinski definition) is 2. The number of piperidine rings is 1. The van der Waals surface area contributed by atoms with Crippen LogP contribution < -0.4 is 4.74 Å². The molecule has 2 N–H and O–H groups in total. The maximum atomic E-state index is 11.3. The molecule has 204 valence electrons. The number of carboxylic acid groups (broad SMARTS) is 1. The Hall–Kier alpha value is -3.03. The molecule has 3 atom stereocenters. The highest BCUT2D eigenvalue weighted by atomic mass is 16.5. The maximum Gasteiger partial charge on any atom is 0.303 e. The van der Waals surface area contributed by atoms with Crippen molar-refractivity contribution in [2.75, 3.05) is 26.7 Å². The van der Waals surface area contributed by atoms with E-state index in [1.165, 1.54) is 24.8 Å². The second kappa shape index (κ2) is 14.2. The van der Waals surface area contributed by atoms with Gasteiger partial charge in [0, 0.05) is 36.9 Å². The number of aliphatic hydroxyl groups excluding tert-OH is 1. The first-order chi connectivity index (χ1) is 18.5. The van der Waals surface area contributed by atoms with E-state index in [0.717, 1.165) is 61.1 Å². The van der Waals surface area contributed by atoms with Crippen molar-refractivity contribution < 1.29 is 19.7 Å². The molecule has 1 aliphatic rings. The van der Waals surface area contributed by atoms with E-state index < -0.39 is 12.1 Å². The van der Waals surface area contributed by atoms with Gasteiger partial charge in [0.2, 0.25) is 0 Å². The molecule has 3 aromatic rings. The first kappa shape index (κ1) is 28.0. The average molecular weight is 520 g/mol. The Labute approximate surface area is 225 Å². The van der Waals surface area contributed by atoms with Crippen molar-refractivity contribution >= 4 is 16.9 Å². The lowest BCUT2D eigenvalue weighted by atomic mass is 9.79. The number of benzene rings is 1. The number of rotatable bonds is 14. The molecule has 2 aromatic heterocycles. The molecule has 1 saturated heterocycles. The Kier molecular flexibility index (Phi) is 10.5. The third kappa shape index (κ3) is 7.98. The summed E-state index contributed by atoms with van der Waals surface area (Å²) in [5, 5.41) is 21.4. The quantitative estimate of drug-likeness (QED) is 0.265. The zero-order valence-electron chi connectivity index (χ0n) is 22.5. The van der Waals surface area contributed by atoms with Crippen LogP contribution in [0.5, 0.6) is 5.75 Å². The Morgan fingerprint density at radius 3 is 2.71 bits per heavy atom. The van der Waals surface area contributed by atoms with Crippen molar-refractivity contribution in [3.05, 3.63) is 66.1 Å².